The Morgan fingerprint density at radius 3 is 2.20 bits per heavy atom. The first kappa shape index (κ1) is 29.7. The second kappa shape index (κ2) is 13.5. The number of nitrogens with zero attached hydrogens (tertiary/aromatic N) is 2. The molecule has 3 aromatic rings. The van der Waals surface area contributed by atoms with Crippen molar-refractivity contribution in [2.24, 2.45) is 0 Å². The van der Waals surface area contributed by atoms with Gasteiger partial charge in [-0.15, -0.1) is 0 Å². The maximum absolute atomic E-state index is 13.7. The average Bonchev–Trinajstić information content (AvgIpc) is 2.71. The molecule has 0 aliphatic heterocycles. The second-order valence-corrected chi connectivity index (χ2v) is 8.75. The number of nitrogens with two attached hydrogens (primary N) is 1. The van der Waals surface area contributed by atoms with E-state index in [9.17, 15) is 28.0 Å². The molecule has 0 saturated carbocycles. The highest BCUT2D eigenvalue weighted by Gasteiger charge is 2.11. The molecule has 0 aliphatic carbocycles. The third kappa shape index (κ3) is 8.73. The molecule has 15 heteroatoms. The van der Waals surface area contributed by atoms with Crippen LogP contribution in [-0.2, 0) is 4.79 Å². The standard InChI is InChI=1S/2C10H7FIN3O2.H2O/c11-6-3-5(12)1-2-7(6)15-8(13)4-9(16)14-10(15)17;11-7-5-6(12)1-2-8(7)14-10(17)15-9(16)3-4-13;/h1-4H,13H2,(H,14,16,17);1-2,5H,3H2,(H2,14,15,16,17);1H2. The molecule has 0 unspecified atom stereocenters. The Hall–Kier alpha value is -3.37. The summed E-state index contributed by atoms with van der Waals surface area (Å²) in [6.45, 7) is 0. The molecule has 3 rings (SSSR count). The molecule has 7 N–H and O–H groups in total. The van der Waals surface area contributed by atoms with E-state index in [1.54, 1.807) is 18.2 Å². The van der Waals surface area contributed by atoms with Crippen LogP contribution in [0.2, 0.25) is 0 Å². The first-order valence-corrected chi connectivity index (χ1v) is 11.2. The number of imide groups is 1. The molecule has 3 amide bonds. The quantitative estimate of drug-likeness (QED) is 0.300. The van der Waals surface area contributed by atoms with Gasteiger partial charge < -0.3 is 16.5 Å². The fraction of sp³-hybridized carbons (Fsp3) is 0.0500. The van der Waals surface area contributed by atoms with Crippen molar-refractivity contribution in [1.82, 2.24) is 14.9 Å². The molecular weight excluding hydrogens is 696 g/mol. The van der Waals surface area contributed by atoms with E-state index >= 15 is 0 Å². The summed E-state index contributed by atoms with van der Waals surface area (Å²) in [5.41, 5.74) is 4.12. The van der Waals surface area contributed by atoms with Gasteiger partial charge in [-0.25, -0.2) is 22.9 Å². The summed E-state index contributed by atoms with van der Waals surface area (Å²) >= 11 is 3.88. The third-order valence-corrected chi connectivity index (χ3v) is 5.13. The van der Waals surface area contributed by atoms with Crippen molar-refractivity contribution < 1.29 is 23.8 Å². The average molecular weight is 712 g/mol. The molecule has 1 aromatic heterocycles. The van der Waals surface area contributed by atoms with Gasteiger partial charge in [-0.05, 0) is 81.6 Å². The molecule has 0 bridgehead atoms. The van der Waals surface area contributed by atoms with Crippen molar-refractivity contribution in [2.45, 2.75) is 6.42 Å². The smallest absolute Gasteiger partial charge is 0.334 e. The van der Waals surface area contributed by atoms with E-state index in [-0.39, 0.29) is 22.7 Å². The van der Waals surface area contributed by atoms with Crippen molar-refractivity contribution in [2.75, 3.05) is 11.1 Å². The van der Waals surface area contributed by atoms with Crippen molar-refractivity contribution in [1.29, 1.82) is 5.26 Å². The number of carbonyl (C=O) groups is 2. The normalized spacial score (nSPS) is 9.57. The predicted octanol–water partition coefficient (Wildman–Crippen LogP) is 2.02. The van der Waals surface area contributed by atoms with Gasteiger partial charge in [0, 0.05) is 13.2 Å². The minimum absolute atomic E-state index is 0. The molecule has 184 valence electrons. The third-order valence-electron chi connectivity index (χ3n) is 3.79. The number of hydrogen-bond acceptors (Lipinski definition) is 6. The molecular formula is C20H16F2I2N6O5. The summed E-state index contributed by atoms with van der Waals surface area (Å²) in [5, 5.41) is 12.3. The molecule has 0 atom stereocenters. The van der Waals surface area contributed by atoms with Crippen molar-refractivity contribution in [3.63, 3.8) is 0 Å². The zero-order chi connectivity index (χ0) is 25.4. The number of halogens is 4. The minimum Gasteiger partial charge on any atom is -0.412 e. The Balaban J connectivity index is 0.000000340. The molecule has 0 radical (unpaired) electrons. The van der Waals surface area contributed by atoms with Crippen LogP contribution in [0.4, 0.5) is 25.1 Å². The monoisotopic (exact) mass is 712 g/mol. The van der Waals surface area contributed by atoms with Crippen molar-refractivity contribution in [3.05, 3.63) is 82.1 Å². The largest absolute Gasteiger partial charge is 0.412 e. The van der Waals surface area contributed by atoms with Gasteiger partial charge in [0.2, 0.25) is 5.91 Å². The molecule has 2 aromatic carbocycles. The number of aromatic nitrogens is 2. The summed E-state index contributed by atoms with van der Waals surface area (Å²) < 4.78 is 29.3. The Morgan fingerprint density at radius 1 is 1.06 bits per heavy atom. The summed E-state index contributed by atoms with van der Waals surface area (Å²) in [6, 6.07) is 10.3. The van der Waals surface area contributed by atoms with Gasteiger partial charge in [0.05, 0.1) is 17.4 Å². The van der Waals surface area contributed by atoms with Gasteiger partial charge in [-0.3, -0.25) is 19.9 Å². The lowest BCUT2D eigenvalue weighted by Gasteiger charge is -2.09. The Kier molecular flexibility index (Phi) is 11.4. The highest BCUT2D eigenvalue weighted by Crippen LogP contribution is 2.17. The number of rotatable bonds is 3. The zero-order valence-electron chi connectivity index (χ0n) is 17.4. The highest BCUT2D eigenvalue weighted by atomic mass is 127. The maximum atomic E-state index is 13.7. The van der Waals surface area contributed by atoms with E-state index in [0.717, 1.165) is 10.6 Å². The minimum atomic E-state index is -0.870. The lowest BCUT2D eigenvalue weighted by molar-refractivity contribution is -0.118. The fourth-order valence-electron chi connectivity index (χ4n) is 2.41. The number of anilines is 2. The summed E-state index contributed by atoms with van der Waals surface area (Å²) in [4.78, 5) is 46.7. The van der Waals surface area contributed by atoms with E-state index in [0.29, 0.717) is 7.14 Å². The molecule has 11 nitrogen and oxygen atoms in total. The van der Waals surface area contributed by atoms with Gasteiger partial charge >= 0.3 is 11.7 Å². The van der Waals surface area contributed by atoms with E-state index in [2.05, 4.69) is 5.32 Å². The molecule has 0 saturated heterocycles. The number of benzene rings is 2. The number of urea groups is 1. The maximum Gasteiger partial charge on any atom is 0.334 e. The van der Waals surface area contributed by atoms with Crippen LogP contribution in [0, 0.1) is 30.1 Å². The molecule has 0 aliphatic rings. The van der Waals surface area contributed by atoms with Gasteiger partial charge in [-0.2, -0.15) is 5.26 Å². The van der Waals surface area contributed by atoms with Crippen molar-refractivity contribution >= 4 is 68.6 Å². The Morgan fingerprint density at radius 2 is 1.66 bits per heavy atom. The fourth-order valence-corrected chi connectivity index (χ4v) is 3.32. The number of carbonyl (C=O) groups excluding carboxylic acids is 2. The Labute approximate surface area is 222 Å². The van der Waals surface area contributed by atoms with Crippen LogP contribution in [0.25, 0.3) is 5.69 Å². The number of amides is 3. The molecule has 0 spiro atoms. The van der Waals surface area contributed by atoms with E-state index < -0.39 is 41.2 Å². The summed E-state index contributed by atoms with van der Waals surface area (Å²) in [7, 11) is 0. The lowest BCUT2D eigenvalue weighted by Crippen LogP contribution is -2.34. The number of nitrogen functional groups attached to an aromatic ring is 1. The SMILES string of the molecule is N#CCC(=O)NC(=O)Nc1ccc(I)cc1F.Nc1cc(=O)[nH]c(=O)n1-c1ccc(I)cc1F.O. The van der Waals surface area contributed by atoms with Gasteiger partial charge in [0.1, 0.15) is 23.9 Å². The van der Waals surface area contributed by atoms with Crippen LogP contribution in [-0.4, -0.2) is 27.0 Å². The molecule has 0 fully saturated rings. The van der Waals surface area contributed by atoms with Crippen molar-refractivity contribution in [3.8, 4) is 11.8 Å². The number of nitriles is 1. The first-order valence-electron chi connectivity index (χ1n) is 9.02. The molecule has 1 heterocycles. The topological polar surface area (TPSA) is 194 Å². The first-order chi connectivity index (χ1) is 16.0. The van der Waals surface area contributed by atoms with Crippen LogP contribution >= 0.6 is 45.2 Å². The van der Waals surface area contributed by atoms with Gasteiger partial charge in [0.25, 0.3) is 5.56 Å². The lowest BCUT2D eigenvalue weighted by atomic mass is 10.3. The van der Waals surface area contributed by atoms with Crippen LogP contribution in [0.15, 0.2) is 52.1 Å². The Bertz CT molecular complexity index is 1400. The number of aromatic amines is 1. The highest BCUT2D eigenvalue weighted by molar-refractivity contribution is 14.1. The predicted molar refractivity (Wildman–Crippen MR) is 140 cm³/mol. The van der Waals surface area contributed by atoms with Gasteiger partial charge in [-0.1, -0.05) is 0 Å². The second-order valence-electron chi connectivity index (χ2n) is 6.26. The van der Waals surface area contributed by atoms with E-state index in [4.69, 9.17) is 11.0 Å². The number of nitrogens with one attached hydrogen (secondary N) is 3. The van der Waals surface area contributed by atoms with Crippen LogP contribution in [0.3, 0.4) is 0 Å². The molecule has 35 heavy (non-hydrogen) atoms. The van der Waals surface area contributed by atoms with Crippen LogP contribution in [0.1, 0.15) is 6.42 Å². The zero-order valence-corrected chi connectivity index (χ0v) is 21.7. The number of H-pyrrole nitrogens is 1. The van der Waals surface area contributed by atoms with Gasteiger partial charge in [0.15, 0.2) is 0 Å². The van der Waals surface area contributed by atoms with E-state index in [1.807, 2.05) is 55.5 Å². The van der Waals surface area contributed by atoms with E-state index in [1.165, 1.54) is 24.3 Å². The summed E-state index contributed by atoms with van der Waals surface area (Å²) in [5.74, 6) is -2.03. The summed E-state index contributed by atoms with van der Waals surface area (Å²) in [6.07, 6.45) is -0.428. The number of hydrogen-bond donors (Lipinski definition) is 4. The van der Waals surface area contributed by atoms with Crippen LogP contribution in [0.5, 0.6) is 0 Å². The van der Waals surface area contributed by atoms with Crippen LogP contribution < -0.4 is 27.6 Å².